The molecule has 0 amide bonds. The number of hydrogen-bond donors (Lipinski definition) is 0. The summed E-state index contributed by atoms with van der Waals surface area (Å²) in [6.07, 6.45) is 28.5. The molecule has 1 saturated carbocycles. The lowest BCUT2D eigenvalue weighted by molar-refractivity contribution is -0.0381. The van der Waals surface area contributed by atoms with Gasteiger partial charge in [-0.15, -0.1) is 0 Å². The third-order valence-electron chi connectivity index (χ3n) is 6.33. The largest absolute Gasteiger partial charge is 0.378 e. The molecule has 0 saturated heterocycles. The van der Waals surface area contributed by atoms with Crippen LogP contribution in [0.15, 0.2) is 0 Å². The first kappa shape index (κ1) is 26.0. The van der Waals surface area contributed by atoms with Crippen LogP contribution in [0.1, 0.15) is 141 Å². The second-order valence-corrected chi connectivity index (χ2v) is 9.15. The van der Waals surface area contributed by atoms with Gasteiger partial charge in [-0.2, -0.15) is 0 Å². The molecule has 2 atom stereocenters. The van der Waals surface area contributed by atoms with Crippen LogP contribution in [0.5, 0.6) is 0 Å². The molecule has 0 N–H and O–H groups in total. The molecule has 2 nitrogen and oxygen atoms in total. The van der Waals surface area contributed by atoms with Crippen molar-refractivity contribution < 1.29 is 9.84 Å². The van der Waals surface area contributed by atoms with Crippen molar-refractivity contribution in [3.8, 4) is 0 Å². The van der Waals surface area contributed by atoms with Crippen molar-refractivity contribution >= 4 is 0 Å². The molecule has 2 radical (unpaired) electrons. The maximum absolute atomic E-state index is 11.5. The molecular weight excluding hydrogens is 344 g/mol. The smallest absolute Gasteiger partial charge is 0.0954 e. The highest BCUT2D eigenvalue weighted by molar-refractivity contribution is 4.71. The van der Waals surface area contributed by atoms with E-state index in [0.717, 1.165) is 38.7 Å². The zero-order chi connectivity index (χ0) is 20.1. The van der Waals surface area contributed by atoms with Gasteiger partial charge in [-0.05, 0) is 25.7 Å². The summed E-state index contributed by atoms with van der Waals surface area (Å²) in [4.78, 5) is 0. The van der Waals surface area contributed by atoms with Gasteiger partial charge in [0.05, 0.1) is 12.2 Å². The molecule has 166 valence electrons. The Morgan fingerprint density at radius 2 is 1.04 bits per heavy atom. The maximum Gasteiger partial charge on any atom is 0.0954 e. The fourth-order valence-electron chi connectivity index (χ4n) is 4.43. The fourth-order valence-corrected chi connectivity index (χ4v) is 4.43. The zero-order valence-corrected chi connectivity index (χ0v) is 18.9. The molecule has 0 aromatic heterocycles. The average Bonchev–Trinajstić information content (AvgIpc) is 2.70. The summed E-state index contributed by atoms with van der Waals surface area (Å²) in [5.74, 6) is 0. The third kappa shape index (κ3) is 16.8. The predicted molar refractivity (Wildman–Crippen MR) is 121 cm³/mol. The molecule has 1 fully saturated rings. The van der Waals surface area contributed by atoms with Crippen LogP contribution in [0.25, 0.3) is 0 Å². The minimum atomic E-state index is -0.364. The van der Waals surface area contributed by atoms with E-state index >= 15 is 0 Å². The molecule has 0 aromatic rings. The van der Waals surface area contributed by atoms with Crippen molar-refractivity contribution in [1.29, 1.82) is 0 Å². The van der Waals surface area contributed by atoms with Gasteiger partial charge in [-0.3, -0.25) is 0 Å². The van der Waals surface area contributed by atoms with Crippen LogP contribution in [0, 0.1) is 6.92 Å². The molecule has 0 aliphatic heterocycles. The van der Waals surface area contributed by atoms with Crippen LogP contribution in [0.3, 0.4) is 0 Å². The highest BCUT2D eigenvalue weighted by Gasteiger charge is 2.21. The van der Waals surface area contributed by atoms with Gasteiger partial charge in [0.2, 0.25) is 0 Å². The maximum atomic E-state index is 11.5. The standard InChI is InChI=1S/C26H50O2/c1-2-3-4-5-6-7-8-9-10-11-12-13-14-15-16-17-18-19-23-28-26-22-20-21-25(27)24-26/h25-26H,1-24H2. The number of hydrogen-bond acceptors (Lipinski definition) is 1. The molecule has 2 heteroatoms. The van der Waals surface area contributed by atoms with Crippen LogP contribution < -0.4 is 0 Å². The summed E-state index contributed by atoms with van der Waals surface area (Å²) in [5.41, 5.74) is 0. The van der Waals surface area contributed by atoms with Crippen LogP contribution in [-0.2, 0) is 9.84 Å². The van der Waals surface area contributed by atoms with Gasteiger partial charge in [-0.1, -0.05) is 116 Å². The van der Waals surface area contributed by atoms with E-state index in [1.54, 1.807) is 0 Å². The quantitative estimate of drug-likeness (QED) is 0.190. The summed E-state index contributed by atoms with van der Waals surface area (Å²) in [7, 11) is 0. The van der Waals surface area contributed by atoms with Crippen molar-refractivity contribution in [2.75, 3.05) is 6.61 Å². The van der Waals surface area contributed by atoms with Gasteiger partial charge in [0.15, 0.2) is 0 Å². The first-order valence-electron chi connectivity index (χ1n) is 12.9. The third-order valence-corrected chi connectivity index (χ3v) is 6.33. The van der Waals surface area contributed by atoms with Crippen LogP contribution in [-0.4, -0.2) is 18.8 Å². The summed E-state index contributed by atoms with van der Waals surface area (Å²) in [6, 6.07) is 0. The first-order chi connectivity index (χ1) is 13.8. The van der Waals surface area contributed by atoms with E-state index in [-0.39, 0.29) is 12.2 Å². The Balaban J connectivity index is 1.67. The van der Waals surface area contributed by atoms with Crippen molar-refractivity contribution in [2.24, 2.45) is 0 Å². The molecule has 2 unspecified atom stereocenters. The van der Waals surface area contributed by atoms with Crippen LogP contribution in [0.4, 0.5) is 0 Å². The van der Waals surface area contributed by atoms with Crippen molar-refractivity contribution in [3.05, 3.63) is 6.92 Å². The van der Waals surface area contributed by atoms with E-state index in [4.69, 9.17) is 4.74 Å². The number of ether oxygens (including phenoxy) is 1. The molecule has 0 aromatic carbocycles. The Morgan fingerprint density at radius 3 is 1.46 bits per heavy atom. The lowest BCUT2D eigenvalue weighted by atomic mass is 9.95. The van der Waals surface area contributed by atoms with Crippen molar-refractivity contribution in [2.45, 2.75) is 153 Å². The highest BCUT2D eigenvalue weighted by Crippen LogP contribution is 2.21. The SMILES string of the molecule is [CH2]CCCCCCCCCCCCCCCCCCCOC1CCCC([O])C1. The Morgan fingerprint density at radius 1 is 0.607 bits per heavy atom. The van der Waals surface area contributed by atoms with Gasteiger partial charge in [0.25, 0.3) is 0 Å². The minimum absolute atomic E-state index is 0.264. The van der Waals surface area contributed by atoms with E-state index in [1.165, 1.54) is 109 Å². The van der Waals surface area contributed by atoms with Crippen LogP contribution >= 0.6 is 0 Å². The molecule has 0 heterocycles. The van der Waals surface area contributed by atoms with Crippen LogP contribution in [0.2, 0.25) is 0 Å². The summed E-state index contributed by atoms with van der Waals surface area (Å²) in [5, 5.41) is 11.5. The normalized spacial score (nSPS) is 19.9. The summed E-state index contributed by atoms with van der Waals surface area (Å²) < 4.78 is 5.88. The first-order valence-corrected chi connectivity index (χ1v) is 12.9. The minimum Gasteiger partial charge on any atom is -0.378 e. The van der Waals surface area contributed by atoms with E-state index in [1.807, 2.05) is 0 Å². The molecule has 28 heavy (non-hydrogen) atoms. The number of rotatable bonds is 20. The van der Waals surface area contributed by atoms with E-state index in [9.17, 15) is 5.11 Å². The van der Waals surface area contributed by atoms with E-state index in [2.05, 4.69) is 6.92 Å². The van der Waals surface area contributed by atoms with Crippen molar-refractivity contribution in [3.63, 3.8) is 0 Å². The average molecular weight is 395 g/mol. The highest BCUT2D eigenvalue weighted by atomic mass is 16.5. The van der Waals surface area contributed by atoms with Gasteiger partial charge in [0.1, 0.15) is 0 Å². The van der Waals surface area contributed by atoms with Gasteiger partial charge in [-0.25, -0.2) is 5.11 Å². The summed E-state index contributed by atoms with van der Waals surface area (Å²) >= 11 is 0. The summed E-state index contributed by atoms with van der Waals surface area (Å²) in [6.45, 7) is 4.77. The Labute approximate surface area is 177 Å². The molecular formula is C26H50O2. The monoisotopic (exact) mass is 394 g/mol. The van der Waals surface area contributed by atoms with Gasteiger partial charge >= 0.3 is 0 Å². The fraction of sp³-hybridized carbons (Fsp3) is 0.962. The Kier molecular flexibility index (Phi) is 18.7. The van der Waals surface area contributed by atoms with E-state index < -0.39 is 0 Å². The second-order valence-electron chi connectivity index (χ2n) is 9.15. The zero-order valence-electron chi connectivity index (χ0n) is 18.9. The van der Waals surface area contributed by atoms with Gasteiger partial charge in [0, 0.05) is 13.0 Å². The lowest BCUT2D eigenvalue weighted by Gasteiger charge is -2.24. The van der Waals surface area contributed by atoms with E-state index in [0.29, 0.717) is 0 Å². The van der Waals surface area contributed by atoms with Gasteiger partial charge < -0.3 is 4.74 Å². The molecule has 0 spiro atoms. The molecule has 0 bridgehead atoms. The second kappa shape index (κ2) is 20.2. The molecule has 1 aliphatic rings. The molecule has 1 rings (SSSR count). The lowest BCUT2D eigenvalue weighted by Crippen LogP contribution is -2.25. The predicted octanol–water partition coefficient (Wildman–Crippen LogP) is 8.60. The Bertz CT molecular complexity index is 305. The number of unbranched alkanes of at least 4 members (excludes halogenated alkanes) is 17. The van der Waals surface area contributed by atoms with Crippen molar-refractivity contribution in [1.82, 2.24) is 0 Å². The topological polar surface area (TPSA) is 29.1 Å². The molecule has 1 aliphatic carbocycles. The Hall–Kier alpha value is -0.0800.